The van der Waals surface area contributed by atoms with Crippen LogP contribution in [0.25, 0.3) is 0 Å². The molecule has 0 aliphatic rings. The molecule has 0 aliphatic heterocycles. The van der Waals surface area contributed by atoms with Crippen LogP contribution < -0.4 is 0 Å². The maximum absolute atomic E-state index is 12.3. The molecular weight excluding hydrogens is 276 g/mol. The summed E-state index contributed by atoms with van der Waals surface area (Å²) in [5.41, 5.74) is -0.674. The summed E-state index contributed by atoms with van der Waals surface area (Å²) in [6.45, 7) is 4.49. The molecule has 0 aromatic heterocycles. The summed E-state index contributed by atoms with van der Waals surface area (Å²) in [4.78, 5) is 34.8. The van der Waals surface area contributed by atoms with Gasteiger partial charge in [-0.2, -0.15) is 0 Å². The highest BCUT2D eigenvalue weighted by molar-refractivity contribution is 5.98. The fourth-order valence-electron chi connectivity index (χ4n) is 1.86. The number of amides is 1. The summed E-state index contributed by atoms with van der Waals surface area (Å²) in [6.07, 6.45) is 0.896. The average Bonchev–Trinajstić information content (AvgIpc) is 2.45. The fraction of sp³-hybridized carbons (Fsp3) is 0.429. The van der Waals surface area contributed by atoms with Gasteiger partial charge in [0, 0.05) is 31.3 Å². The predicted octanol–water partition coefficient (Wildman–Crippen LogP) is 2.41. The zero-order valence-electron chi connectivity index (χ0n) is 12.2. The number of rotatable bonds is 6. The van der Waals surface area contributed by atoms with Crippen LogP contribution in [0.5, 0.6) is 0 Å². The second-order valence-corrected chi connectivity index (χ2v) is 5.03. The van der Waals surface area contributed by atoms with Crippen molar-refractivity contribution in [1.82, 2.24) is 4.90 Å². The third kappa shape index (κ3) is 4.27. The molecule has 1 N–H and O–H groups in total. The van der Waals surface area contributed by atoms with Crippen LogP contribution in [0.3, 0.4) is 0 Å². The van der Waals surface area contributed by atoms with Gasteiger partial charge in [0.15, 0.2) is 0 Å². The van der Waals surface area contributed by atoms with Crippen LogP contribution in [0.2, 0.25) is 0 Å². The number of carboxylic acid groups (broad SMARTS) is 1. The van der Waals surface area contributed by atoms with Crippen molar-refractivity contribution in [2.24, 2.45) is 5.92 Å². The number of aromatic carboxylic acids is 1. The number of nitrogens with zero attached hydrogens (tertiary/aromatic N) is 2. The van der Waals surface area contributed by atoms with Gasteiger partial charge < -0.3 is 10.0 Å². The summed E-state index contributed by atoms with van der Waals surface area (Å²) in [5.74, 6) is -1.45. The maximum Gasteiger partial charge on any atom is 0.335 e. The predicted molar refractivity (Wildman–Crippen MR) is 76.5 cm³/mol. The van der Waals surface area contributed by atoms with E-state index in [1.54, 1.807) is 7.05 Å². The normalized spacial score (nSPS) is 11.8. The molecule has 7 nitrogen and oxygen atoms in total. The topological polar surface area (TPSA) is 101 Å². The van der Waals surface area contributed by atoms with Crippen LogP contribution in [0.4, 0.5) is 5.69 Å². The van der Waals surface area contributed by atoms with Gasteiger partial charge in [0.1, 0.15) is 0 Å². The molecule has 0 fully saturated rings. The Bertz CT molecular complexity index is 538. The van der Waals surface area contributed by atoms with Crippen molar-refractivity contribution in [1.29, 1.82) is 0 Å². The number of nitro groups is 1. The molecular formula is C14H18N2O5. The van der Waals surface area contributed by atoms with E-state index in [1.807, 2.05) is 13.8 Å². The minimum Gasteiger partial charge on any atom is -0.478 e. The molecule has 114 valence electrons. The Labute approximate surface area is 122 Å². The Balaban J connectivity index is 3.13. The van der Waals surface area contributed by atoms with E-state index in [-0.39, 0.29) is 17.0 Å². The molecule has 21 heavy (non-hydrogen) atoms. The van der Waals surface area contributed by atoms with Crippen molar-refractivity contribution in [3.63, 3.8) is 0 Å². The Morgan fingerprint density at radius 2 is 1.90 bits per heavy atom. The first kappa shape index (κ1) is 16.6. The van der Waals surface area contributed by atoms with Crippen LogP contribution in [0.1, 0.15) is 41.0 Å². The van der Waals surface area contributed by atoms with Gasteiger partial charge >= 0.3 is 5.97 Å². The second-order valence-electron chi connectivity index (χ2n) is 5.03. The van der Waals surface area contributed by atoms with E-state index in [0.717, 1.165) is 24.6 Å². The number of carboxylic acids is 1. The zero-order valence-corrected chi connectivity index (χ0v) is 12.2. The third-order valence-electron chi connectivity index (χ3n) is 3.25. The van der Waals surface area contributed by atoms with Gasteiger partial charge in [0.25, 0.3) is 11.6 Å². The number of hydrogen-bond acceptors (Lipinski definition) is 4. The van der Waals surface area contributed by atoms with Crippen molar-refractivity contribution < 1.29 is 19.6 Å². The average molecular weight is 294 g/mol. The van der Waals surface area contributed by atoms with Crippen LogP contribution in [0, 0.1) is 16.0 Å². The quantitative estimate of drug-likeness (QED) is 0.641. The Morgan fingerprint density at radius 1 is 1.33 bits per heavy atom. The molecule has 7 heteroatoms. The molecule has 0 saturated carbocycles. The van der Waals surface area contributed by atoms with E-state index in [9.17, 15) is 19.7 Å². The fourth-order valence-corrected chi connectivity index (χ4v) is 1.86. The largest absolute Gasteiger partial charge is 0.478 e. The van der Waals surface area contributed by atoms with E-state index in [1.165, 1.54) is 4.90 Å². The SMILES string of the molecule is CCC(C)CN(C)C(=O)c1cc(C(=O)O)cc([N+](=O)[O-])c1. The molecule has 1 rings (SSSR count). The van der Waals surface area contributed by atoms with E-state index in [2.05, 4.69) is 0 Å². The van der Waals surface area contributed by atoms with Crippen LogP contribution in [0.15, 0.2) is 18.2 Å². The van der Waals surface area contributed by atoms with Crippen molar-refractivity contribution in [2.45, 2.75) is 20.3 Å². The van der Waals surface area contributed by atoms with Gasteiger partial charge in [0.05, 0.1) is 10.5 Å². The lowest BCUT2D eigenvalue weighted by molar-refractivity contribution is -0.384. The third-order valence-corrected chi connectivity index (χ3v) is 3.25. The smallest absolute Gasteiger partial charge is 0.335 e. The minimum atomic E-state index is -1.31. The lowest BCUT2D eigenvalue weighted by Crippen LogP contribution is -2.31. The van der Waals surface area contributed by atoms with Gasteiger partial charge in [-0.05, 0) is 12.0 Å². The molecule has 1 unspecified atom stereocenters. The highest BCUT2D eigenvalue weighted by atomic mass is 16.6. The van der Waals surface area contributed by atoms with Crippen LogP contribution in [-0.2, 0) is 0 Å². The van der Waals surface area contributed by atoms with Gasteiger partial charge in [-0.1, -0.05) is 20.3 Å². The van der Waals surface area contributed by atoms with E-state index >= 15 is 0 Å². The maximum atomic E-state index is 12.3. The molecule has 0 saturated heterocycles. The highest BCUT2D eigenvalue weighted by Gasteiger charge is 2.20. The summed E-state index contributed by atoms with van der Waals surface area (Å²) >= 11 is 0. The first-order valence-corrected chi connectivity index (χ1v) is 6.54. The highest BCUT2D eigenvalue weighted by Crippen LogP contribution is 2.19. The summed E-state index contributed by atoms with van der Waals surface area (Å²) in [5, 5.41) is 19.8. The van der Waals surface area contributed by atoms with E-state index in [0.29, 0.717) is 6.54 Å². The molecule has 0 radical (unpaired) electrons. The molecule has 0 heterocycles. The second kappa shape index (κ2) is 6.83. The molecule has 1 amide bonds. The van der Waals surface area contributed by atoms with Gasteiger partial charge in [0.2, 0.25) is 0 Å². The molecule has 0 spiro atoms. The van der Waals surface area contributed by atoms with E-state index < -0.39 is 22.5 Å². The molecule has 1 aromatic carbocycles. The van der Waals surface area contributed by atoms with Gasteiger partial charge in [-0.25, -0.2) is 4.79 Å². The van der Waals surface area contributed by atoms with Gasteiger partial charge in [-0.15, -0.1) is 0 Å². The van der Waals surface area contributed by atoms with Crippen molar-refractivity contribution in [2.75, 3.05) is 13.6 Å². The number of carbonyl (C=O) groups excluding carboxylic acids is 1. The summed E-state index contributed by atoms with van der Waals surface area (Å²) < 4.78 is 0. The Hall–Kier alpha value is -2.44. The molecule has 0 aliphatic carbocycles. The van der Waals surface area contributed by atoms with Crippen LogP contribution >= 0.6 is 0 Å². The number of hydrogen-bond donors (Lipinski definition) is 1. The minimum absolute atomic E-state index is 0.00685. The van der Waals surface area contributed by atoms with Crippen molar-refractivity contribution >= 4 is 17.6 Å². The monoisotopic (exact) mass is 294 g/mol. The van der Waals surface area contributed by atoms with Crippen LogP contribution in [-0.4, -0.2) is 40.4 Å². The van der Waals surface area contributed by atoms with Gasteiger partial charge in [-0.3, -0.25) is 14.9 Å². The van der Waals surface area contributed by atoms with Crippen molar-refractivity contribution in [3.05, 3.63) is 39.4 Å². The molecule has 1 aromatic rings. The van der Waals surface area contributed by atoms with E-state index in [4.69, 9.17) is 5.11 Å². The Morgan fingerprint density at radius 3 is 2.38 bits per heavy atom. The number of nitro benzene ring substituents is 1. The summed E-state index contributed by atoms with van der Waals surface area (Å²) in [7, 11) is 1.59. The van der Waals surface area contributed by atoms with Crippen molar-refractivity contribution in [3.8, 4) is 0 Å². The number of benzene rings is 1. The lowest BCUT2D eigenvalue weighted by Gasteiger charge is -2.20. The number of carbonyl (C=O) groups is 2. The standard InChI is InChI=1S/C14H18N2O5/c1-4-9(2)8-15(3)13(17)10-5-11(14(18)19)7-12(6-10)16(20)21/h5-7,9H,4,8H2,1-3H3,(H,18,19). The molecule has 1 atom stereocenters. The lowest BCUT2D eigenvalue weighted by atomic mass is 10.1. The number of non-ortho nitro benzene ring substituents is 1. The first-order chi connectivity index (χ1) is 9.76. The summed E-state index contributed by atoms with van der Waals surface area (Å²) in [6, 6.07) is 3.19. The molecule has 0 bridgehead atoms. The Kier molecular flexibility index (Phi) is 5.40. The zero-order chi connectivity index (χ0) is 16.2. The first-order valence-electron chi connectivity index (χ1n) is 6.54.